The molecule has 0 fully saturated rings. The topological polar surface area (TPSA) is 18.5 Å². The van der Waals surface area contributed by atoms with E-state index in [1.807, 2.05) is 13.8 Å². The molecular formula is C9H12Br4O2. The van der Waals surface area contributed by atoms with Crippen molar-refractivity contribution in [1.82, 2.24) is 0 Å². The summed E-state index contributed by atoms with van der Waals surface area (Å²) in [4.78, 5) is 3.52. The molecule has 0 aromatic heterocycles. The summed E-state index contributed by atoms with van der Waals surface area (Å²) in [6.07, 6.45) is 0. The van der Waals surface area contributed by atoms with Gasteiger partial charge < -0.3 is 9.47 Å². The zero-order valence-corrected chi connectivity index (χ0v) is 14.7. The lowest BCUT2D eigenvalue weighted by Crippen LogP contribution is -2.29. The molecule has 0 saturated carbocycles. The molecule has 6 heteroatoms. The molecule has 0 saturated heterocycles. The molecule has 2 nitrogen and oxygen atoms in total. The fraction of sp³-hybridized carbons (Fsp3) is 0.556. The summed E-state index contributed by atoms with van der Waals surface area (Å²) in [7, 11) is 0. The van der Waals surface area contributed by atoms with Crippen LogP contribution in [0.4, 0.5) is 0 Å². The van der Waals surface area contributed by atoms with Crippen molar-refractivity contribution in [3.63, 3.8) is 0 Å². The van der Waals surface area contributed by atoms with Gasteiger partial charge in [0.05, 0.1) is 13.2 Å². The van der Waals surface area contributed by atoms with Crippen LogP contribution in [0, 0.1) is 0 Å². The van der Waals surface area contributed by atoms with Crippen molar-refractivity contribution < 1.29 is 9.47 Å². The monoisotopic (exact) mass is 468 g/mol. The lowest BCUT2D eigenvalue weighted by molar-refractivity contribution is -0.200. The molecular weight excluding hydrogens is 460 g/mol. The van der Waals surface area contributed by atoms with Crippen molar-refractivity contribution in [3.05, 3.63) is 18.9 Å². The van der Waals surface area contributed by atoms with Crippen LogP contribution in [-0.4, -0.2) is 19.0 Å². The summed E-state index contributed by atoms with van der Waals surface area (Å²) in [5.74, 6) is -0.621. The first-order chi connectivity index (χ1) is 6.91. The lowest BCUT2D eigenvalue weighted by Gasteiger charge is -2.25. The van der Waals surface area contributed by atoms with E-state index in [-0.39, 0.29) is 0 Å². The average Bonchev–Trinajstić information content (AvgIpc) is 2.22. The minimum Gasteiger partial charge on any atom is -0.345 e. The predicted molar refractivity (Wildman–Crippen MR) is 77.9 cm³/mol. The van der Waals surface area contributed by atoms with Gasteiger partial charge in [-0.25, -0.2) is 0 Å². The molecule has 0 heterocycles. The van der Waals surface area contributed by atoms with Gasteiger partial charge in [-0.05, 0) is 23.8 Å². The van der Waals surface area contributed by atoms with Gasteiger partial charge in [0.15, 0.2) is 5.79 Å². The van der Waals surface area contributed by atoms with Crippen molar-refractivity contribution in [2.75, 3.05) is 13.2 Å². The first kappa shape index (κ1) is 16.3. The van der Waals surface area contributed by atoms with E-state index in [4.69, 9.17) is 9.47 Å². The molecule has 0 aromatic carbocycles. The Balaban J connectivity index is 3.97. The zero-order valence-electron chi connectivity index (χ0n) is 8.40. The molecule has 88 valence electrons. The highest BCUT2D eigenvalue weighted by atomic mass is 79.9. The summed E-state index contributed by atoms with van der Waals surface area (Å²) in [6.45, 7) is 4.67. The zero-order chi connectivity index (χ0) is 11.9. The third kappa shape index (κ3) is 9.06. The summed E-state index contributed by atoms with van der Waals surface area (Å²) in [6, 6.07) is 0. The third-order valence-corrected chi connectivity index (χ3v) is 4.60. The molecule has 0 aliphatic carbocycles. The number of ether oxygens (including phenoxy) is 2. The first-order valence-electron chi connectivity index (χ1n) is 4.08. The third-order valence-electron chi connectivity index (χ3n) is 1.35. The molecule has 0 N–H and O–H groups in total. The van der Waals surface area contributed by atoms with Crippen molar-refractivity contribution >= 4 is 63.7 Å². The maximum Gasteiger partial charge on any atom is 0.163 e. The quantitative estimate of drug-likeness (QED) is 0.507. The molecule has 15 heavy (non-hydrogen) atoms. The molecule has 0 bridgehead atoms. The predicted octanol–water partition coefficient (Wildman–Crippen LogP) is 5.02. The van der Waals surface area contributed by atoms with E-state index >= 15 is 0 Å². The lowest BCUT2D eigenvalue weighted by atomic mass is 10.4. The molecule has 0 atom stereocenters. The van der Waals surface area contributed by atoms with E-state index < -0.39 is 5.79 Å². The number of hydrogen-bond acceptors (Lipinski definition) is 2. The SMILES string of the molecule is CC(C)(OC/C(Br)=C\Br)OC/C(Br)=C\Br. The molecule has 0 spiro atoms. The summed E-state index contributed by atoms with van der Waals surface area (Å²) in [5.41, 5.74) is 0. The highest BCUT2D eigenvalue weighted by Gasteiger charge is 2.19. The fourth-order valence-corrected chi connectivity index (χ4v) is 1.08. The highest BCUT2D eigenvalue weighted by molar-refractivity contribution is 9.14. The van der Waals surface area contributed by atoms with Crippen LogP contribution in [0.2, 0.25) is 0 Å². The minimum atomic E-state index is -0.621. The highest BCUT2D eigenvalue weighted by Crippen LogP contribution is 2.19. The van der Waals surface area contributed by atoms with Gasteiger partial charge in [-0.2, -0.15) is 0 Å². The Morgan fingerprint density at radius 2 is 1.33 bits per heavy atom. The summed E-state index contributed by atoms with van der Waals surface area (Å²) < 4.78 is 12.9. The van der Waals surface area contributed by atoms with Crippen molar-refractivity contribution in [1.29, 1.82) is 0 Å². The molecule has 0 aliphatic heterocycles. The van der Waals surface area contributed by atoms with Crippen LogP contribution in [0.25, 0.3) is 0 Å². The standard InChI is InChI=1S/C9H12Br4O2/c1-9(2,14-5-7(12)3-10)15-6-8(13)4-11/h3-4H,5-6H2,1-2H3/b7-3+,8-4+. The van der Waals surface area contributed by atoms with E-state index in [0.29, 0.717) is 13.2 Å². The van der Waals surface area contributed by atoms with E-state index in [1.54, 1.807) is 9.97 Å². The van der Waals surface area contributed by atoms with Gasteiger partial charge in [-0.1, -0.05) is 63.7 Å². The Kier molecular flexibility index (Phi) is 9.16. The first-order valence-corrected chi connectivity index (χ1v) is 7.50. The number of halogens is 4. The van der Waals surface area contributed by atoms with Gasteiger partial charge in [-0.15, -0.1) is 0 Å². The normalized spacial score (nSPS) is 14.5. The van der Waals surface area contributed by atoms with Crippen molar-refractivity contribution in [3.8, 4) is 0 Å². The molecule has 0 rings (SSSR count). The van der Waals surface area contributed by atoms with Crippen LogP contribution in [-0.2, 0) is 9.47 Å². The maximum atomic E-state index is 5.55. The van der Waals surface area contributed by atoms with Gasteiger partial charge >= 0.3 is 0 Å². The van der Waals surface area contributed by atoms with E-state index in [9.17, 15) is 0 Å². The number of hydrogen-bond donors (Lipinski definition) is 0. The van der Waals surface area contributed by atoms with Gasteiger partial charge in [-0.3, -0.25) is 0 Å². The van der Waals surface area contributed by atoms with Gasteiger partial charge in [0.2, 0.25) is 0 Å². The second-order valence-corrected chi connectivity index (χ2v) is 6.04. The summed E-state index contributed by atoms with van der Waals surface area (Å²) >= 11 is 13.1. The molecule has 0 amide bonds. The second-order valence-electron chi connectivity index (χ2n) is 3.09. The van der Waals surface area contributed by atoms with Crippen molar-refractivity contribution in [2.24, 2.45) is 0 Å². The van der Waals surface area contributed by atoms with Gasteiger partial charge in [0, 0.05) is 8.96 Å². The Morgan fingerprint density at radius 1 is 1.00 bits per heavy atom. The van der Waals surface area contributed by atoms with Crippen LogP contribution in [0.1, 0.15) is 13.8 Å². The molecule has 0 aromatic rings. The van der Waals surface area contributed by atoms with E-state index in [2.05, 4.69) is 63.7 Å². The van der Waals surface area contributed by atoms with Crippen LogP contribution < -0.4 is 0 Å². The molecule has 0 aliphatic rings. The van der Waals surface area contributed by atoms with Crippen LogP contribution in [0.5, 0.6) is 0 Å². The van der Waals surface area contributed by atoms with Crippen molar-refractivity contribution in [2.45, 2.75) is 19.6 Å². The Hall–Kier alpha value is 1.32. The van der Waals surface area contributed by atoms with Crippen LogP contribution >= 0.6 is 63.7 Å². The van der Waals surface area contributed by atoms with Gasteiger partial charge in [0.25, 0.3) is 0 Å². The second kappa shape index (κ2) is 8.42. The van der Waals surface area contributed by atoms with Gasteiger partial charge in [0.1, 0.15) is 0 Å². The summed E-state index contributed by atoms with van der Waals surface area (Å²) in [5, 5.41) is 0. The van der Waals surface area contributed by atoms with Crippen LogP contribution in [0.3, 0.4) is 0 Å². The maximum absolute atomic E-state index is 5.55. The molecule has 0 unspecified atom stereocenters. The Morgan fingerprint density at radius 3 is 1.60 bits per heavy atom. The minimum absolute atomic E-state index is 0.466. The van der Waals surface area contributed by atoms with Crippen LogP contribution in [0.15, 0.2) is 18.9 Å². The average molecular weight is 472 g/mol. The number of rotatable bonds is 6. The fourth-order valence-electron chi connectivity index (χ4n) is 0.590. The van der Waals surface area contributed by atoms with E-state index in [0.717, 1.165) is 8.96 Å². The van der Waals surface area contributed by atoms with E-state index in [1.165, 1.54) is 0 Å². The Bertz CT molecular complexity index is 224. The Labute approximate surface area is 124 Å². The molecule has 0 radical (unpaired) electrons. The smallest absolute Gasteiger partial charge is 0.163 e. The largest absolute Gasteiger partial charge is 0.345 e.